The van der Waals surface area contributed by atoms with Gasteiger partial charge in [-0.05, 0) is 12.8 Å². The quantitative estimate of drug-likeness (QED) is 0.521. The van der Waals surface area contributed by atoms with Gasteiger partial charge in [-0.3, -0.25) is 20.4 Å². The van der Waals surface area contributed by atoms with Crippen molar-refractivity contribution < 1.29 is 9.59 Å². The second kappa shape index (κ2) is 5.96. The van der Waals surface area contributed by atoms with Crippen molar-refractivity contribution in [2.45, 2.75) is 20.8 Å². The third kappa shape index (κ3) is 5.99. The zero-order chi connectivity index (χ0) is 11.1. The van der Waals surface area contributed by atoms with Crippen LogP contribution in [0.15, 0.2) is 24.3 Å². The fourth-order valence-corrected chi connectivity index (χ4v) is 0.547. The summed E-state index contributed by atoms with van der Waals surface area (Å²) in [5.41, 5.74) is 4.79. The van der Waals surface area contributed by atoms with E-state index in [-0.39, 0.29) is 5.91 Å². The van der Waals surface area contributed by atoms with Gasteiger partial charge in [0.05, 0.1) is 0 Å². The third-order valence-electron chi connectivity index (χ3n) is 1.32. The number of rotatable bonds is 3. The van der Waals surface area contributed by atoms with E-state index in [4.69, 9.17) is 0 Å². The highest BCUT2D eigenvalue weighted by Gasteiger charge is 2.01. The summed E-state index contributed by atoms with van der Waals surface area (Å²) >= 11 is 0. The number of hydrogen-bond donors (Lipinski definition) is 2. The topological polar surface area (TPSA) is 58.2 Å². The van der Waals surface area contributed by atoms with Crippen LogP contribution < -0.4 is 10.9 Å². The summed E-state index contributed by atoms with van der Waals surface area (Å²) in [6, 6.07) is 0. The van der Waals surface area contributed by atoms with Crippen LogP contribution in [0.5, 0.6) is 0 Å². The summed E-state index contributed by atoms with van der Waals surface area (Å²) < 4.78 is 0. The number of hydrazine groups is 1. The fraction of sp³-hybridized carbons (Fsp3) is 0.400. The summed E-state index contributed by atoms with van der Waals surface area (Å²) in [5.74, 6) is -0.442. The molecule has 0 aromatic rings. The number of amides is 2. The van der Waals surface area contributed by atoms with Gasteiger partial charge in [0, 0.05) is 11.6 Å². The molecule has 78 valence electrons. The van der Waals surface area contributed by atoms with E-state index in [1.54, 1.807) is 13.0 Å². The molecule has 4 nitrogen and oxygen atoms in total. The van der Waals surface area contributed by atoms with Crippen molar-refractivity contribution in [1.82, 2.24) is 10.9 Å². The first-order valence-electron chi connectivity index (χ1n) is 4.37. The van der Waals surface area contributed by atoms with Gasteiger partial charge in [0.15, 0.2) is 0 Å². The van der Waals surface area contributed by atoms with Crippen LogP contribution in [0.4, 0.5) is 0 Å². The molecule has 0 aromatic heterocycles. The lowest BCUT2D eigenvalue weighted by Gasteiger charge is -2.04. The molecule has 14 heavy (non-hydrogen) atoms. The minimum atomic E-state index is -0.392. The Hall–Kier alpha value is -1.58. The van der Waals surface area contributed by atoms with E-state index < -0.39 is 5.91 Å². The fourth-order valence-electron chi connectivity index (χ4n) is 0.547. The van der Waals surface area contributed by atoms with Crippen LogP contribution in [0.2, 0.25) is 0 Å². The summed E-state index contributed by atoms with van der Waals surface area (Å²) in [7, 11) is 0. The van der Waals surface area contributed by atoms with Crippen molar-refractivity contribution in [3.63, 3.8) is 0 Å². The van der Waals surface area contributed by atoms with Gasteiger partial charge in [-0.25, -0.2) is 0 Å². The van der Waals surface area contributed by atoms with E-state index in [1.165, 1.54) is 6.08 Å². The molecule has 0 spiro atoms. The Morgan fingerprint density at radius 3 is 2.29 bits per heavy atom. The van der Waals surface area contributed by atoms with Gasteiger partial charge >= 0.3 is 0 Å². The Balaban J connectivity index is 3.86. The van der Waals surface area contributed by atoms with E-state index >= 15 is 0 Å². The number of nitrogens with one attached hydrogen (secondary N) is 2. The van der Waals surface area contributed by atoms with Gasteiger partial charge in [-0.15, -0.1) is 0 Å². The molecule has 0 aliphatic rings. The molecule has 2 amide bonds. The first kappa shape index (κ1) is 12.4. The number of carbonyl (C=O) groups excluding carboxylic acids is 2. The molecule has 0 fully saturated rings. The smallest absolute Gasteiger partial charge is 0.264 e. The predicted octanol–water partition coefficient (Wildman–Crippen LogP) is 0.922. The summed E-state index contributed by atoms with van der Waals surface area (Å²) in [6.07, 6.45) is 3.12. The Morgan fingerprint density at radius 2 is 1.86 bits per heavy atom. The third-order valence-corrected chi connectivity index (χ3v) is 1.32. The molecule has 0 aliphatic carbocycles. The number of hydrogen-bond acceptors (Lipinski definition) is 2. The first-order chi connectivity index (χ1) is 6.43. The molecule has 0 aliphatic heterocycles. The van der Waals surface area contributed by atoms with Crippen molar-refractivity contribution in [3.05, 3.63) is 24.3 Å². The van der Waals surface area contributed by atoms with Crippen LogP contribution in [-0.4, -0.2) is 11.8 Å². The van der Waals surface area contributed by atoms with Gasteiger partial charge < -0.3 is 0 Å². The van der Waals surface area contributed by atoms with Crippen molar-refractivity contribution in [2.75, 3.05) is 0 Å². The van der Waals surface area contributed by atoms with Gasteiger partial charge in [0.25, 0.3) is 11.8 Å². The molecule has 0 heterocycles. The maximum absolute atomic E-state index is 11.0. The number of allylic oxidation sites excluding steroid dienone is 1. The van der Waals surface area contributed by atoms with Crippen molar-refractivity contribution >= 4 is 11.8 Å². The van der Waals surface area contributed by atoms with Gasteiger partial charge in [-0.1, -0.05) is 26.5 Å². The lowest BCUT2D eigenvalue weighted by Crippen LogP contribution is -2.41. The maximum atomic E-state index is 11.0. The van der Waals surface area contributed by atoms with Gasteiger partial charge in [-0.2, -0.15) is 0 Å². The van der Waals surface area contributed by atoms with E-state index in [9.17, 15) is 9.59 Å². The van der Waals surface area contributed by atoms with Gasteiger partial charge in [0.2, 0.25) is 0 Å². The highest BCUT2D eigenvalue weighted by molar-refractivity contribution is 5.95. The molecule has 2 N–H and O–H groups in total. The standard InChI is InChI=1S/C10H16N2O2/c1-7(2)5-6-9(13)11-12-10(14)8(3)4/h5-7H,3H2,1-2,4H3,(H,11,13)(H,12,14). The van der Waals surface area contributed by atoms with Crippen molar-refractivity contribution in [1.29, 1.82) is 0 Å². The second-order valence-corrected chi connectivity index (χ2v) is 3.33. The maximum Gasteiger partial charge on any atom is 0.264 e. The Kier molecular flexibility index (Phi) is 5.29. The SMILES string of the molecule is C=C(C)C(=O)NNC(=O)C=CC(C)C. The normalized spacial score (nSPS) is 10.3. The highest BCUT2D eigenvalue weighted by atomic mass is 16.2. The first-order valence-corrected chi connectivity index (χ1v) is 4.37. The lowest BCUT2D eigenvalue weighted by molar-refractivity contribution is -0.124. The molecule has 0 saturated carbocycles. The molecular weight excluding hydrogens is 180 g/mol. The van der Waals surface area contributed by atoms with Crippen molar-refractivity contribution in [3.8, 4) is 0 Å². The average molecular weight is 196 g/mol. The zero-order valence-corrected chi connectivity index (χ0v) is 8.76. The van der Waals surface area contributed by atoms with Crippen LogP contribution >= 0.6 is 0 Å². The van der Waals surface area contributed by atoms with E-state index in [2.05, 4.69) is 17.4 Å². The molecule has 4 heteroatoms. The minimum Gasteiger partial charge on any atom is -0.268 e. The van der Waals surface area contributed by atoms with Crippen molar-refractivity contribution in [2.24, 2.45) is 5.92 Å². The van der Waals surface area contributed by atoms with E-state index in [0.29, 0.717) is 11.5 Å². The summed E-state index contributed by atoms with van der Waals surface area (Å²) in [6.45, 7) is 8.90. The average Bonchev–Trinajstić information content (AvgIpc) is 2.10. The van der Waals surface area contributed by atoms with E-state index in [1.807, 2.05) is 13.8 Å². The van der Waals surface area contributed by atoms with E-state index in [0.717, 1.165) is 0 Å². The van der Waals surface area contributed by atoms with Gasteiger partial charge in [0.1, 0.15) is 0 Å². The molecule has 0 unspecified atom stereocenters. The Morgan fingerprint density at radius 1 is 1.29 bits per heavy atom. The predicted molar refractivity (Wildman–Crippen MR) is 55.1 cm³/mol. The molecule has 0 radical (unpaired) electrons. The molecule has 0 aromatic carbocycles. The number of carbonyl (C=O) groups is 2. The highest BCUT2D eigenvalue weighted by Crippen LogP contribution is 1.92. The lowest BCUT2D eigenvalue weighted by atomic mass is 10.2. The zero-order valence-electron chi connectivity index (χ0n) is 8.76. The van der Waals surface area contributed by atoms with Crippen LogP contribution in [0.1, 0.15) is 20.8 Å². The van der Waals surface area contributed by atoms with Crippen LogP contribution in [-0.2, 0) is 9.59 Å². The Labute approximate surface area is 84.0 Å². The van der Waals surface area contributed by atoms with Crippen LogP contribution in [0.3, 0.4) is 0 Å². The van der Waals surface area contributed by atoms with Crippen LogP contribution in [0, 0.1) is 5.92 Å². The molecule has 0 atom stereocenters. The molecule has 0 saturated heterocycles. The minimum absolute atomic E-state index is 0.303. The monoisotopic (exact) mass is 196 g/mol. The largest absolute Gasteiger partial charge is 0.268 e. The summed E-state index contributed by atoms with van der Waals surface area (Å²) in [5, 5.41) is 0. The second-order valence-electron chi connectivity index (χ2n) is 3.33. The molecular formula is C10H16N2O2. The Bertz CT molecular complexity index is 267. The molecule has 0 bridgehead atoms. The molecule has 0 rings (SSSR count). The van der Waals surface area contributed by atoms with Crippen LogP contribution in [0.25, 0.3) is 0 Å². The summed E-state index contributed by atoms with van der Waals surface area (Å²) in [4.78, 5) is 22.0.